The highest BCUT2D eigenvalue weighted by Crippen LogP contribution is 2.28. The first-order valence-corrected chi connectivity index (χ1v) is 7.52. The average molecular weight is 344 g/mol. The van der Waals surface area contributed by atoms with Gasteiger partial charge >= 0.3 is 5.69 Å². The molecule has 1 unspecified atom stereocenters. The van der Waals surface area contributed by atoms with Crippen LogP contribution in [-0.2, 0) is 0 Å². The molecule has 1 atom stereocenters. The summed E-state index contributed by atoms with van der Waals surface area (Å²) in [6.45, 7) is 4.58. The van der Waals surface area contributed by atoms with Gasteiger partial charge in [-0.1, -0.05) is 0 Å². The van der Waals surface area contributed by atoms with Crippen LogP contribution in [0.5, 0.6) is 5.75 Å². The van der Waals surface area contributed by atoms with E-state index in [9.17, 15) is 14.9 Å². The zero-order valence-corrected chi connectivity index (χ0v) is 13.9. The fourth-order valence-corrected chi connectivity index (χ4v) is 2.52. The average Bonchev–Trinajstić information content (AvgIpc) is 2.54. The number of carbonyl (C=O) groups excluding carboxylic acids is 1. The molecule has 1 saturated heterocycles. The first-order chi connectivity index (χ1) is 10.6. The van der Waals surface area contributed by atoms with E-state index < -0.39 is 4.92 Å². The largest absolute Gasteiger partial charge is 0.487 e. The van der Waals surface area contributed by atoms with Crippen molar-refractivity contribution in [3.63, 3.8) is 0 Å². The van der Waals surface area contributed by atoms with E-state index in [1.165, 1.54) is 12.1 Å². The van der Waals surface area contributed by atoms with Crippen LogP contribution < -0.4 is 15.4 Å². The fraction of sp³-hybridized carbons (Fsp3) is 0.533. The Balaban J connectivity index is 0.00000264. The summed E-state index contributed by atoms with van der Waals surface area (Å²) < 4.78 is 5.21. The van der Waals surface area contributed by atoms with E-state index in [-0.39, 0.29) is 35.3 Å². The minimum absolute atomic E-state index is 0. The number of hydrogen-bond acceptors (Lipinski definition) is 5. The molecule has 0 radical (unpaired) electrons. The molecular weight excluding hydrogens is 322 g/mol. The van der Waals surface area contributed by atoms with Crippen LogP contribution in [0.25, 0.3) is 0 Å². The number of nitrogens with one attached hydrogen (secondary N) is 2. The van der Waals surface area contributed by atoms with Gasteiger partial charge in [-0.3, -0.25) is 14.9 Å². The first-order valence-electron chi connectivity index (χ1n) is 7.52. The van der Waals surface area contributed by atoms with Crippen molar-refractivity contribution in [2.45, 2.75) is 19.8 Å². The molecule has 0 saturated carbocycles. The maximum absolute atomic E-state index is 12.1. The van der Waals surface area contributed by atoms with Gasteiger partial charge in [0.1, 0.15) is 0 Å². The zero-order chi connectivity index (χ0) is 15.9. The number of piperidine rings is 1. The van der Waals surface area contributed by atoms with E-state index in [2.05, 4.69) is 10.6 Å². The van der Waals surface area contributed by atoms with Gasteiger partial charge in [-0.15, -0.1) is 12.4 Å². The van der Waals surface area contributed by atoms with E-state index in [0.717, 1.165) is 25.9 Å². The molecule has 23 heavy (non-hydrogen) atoms. The quantitative estimate of drug-likeness (QED) is 0.609. The van der Waals surface area contributed by atoms with Crippen molar-refractivity contribution >= 4 is 24.0 Å². The first kappa shape index (κ1) is 19.2. The molecule has 0 spiro atoms. The fourth-order valence-electron chi connectivity index (χ4n) is 2.52. The second-order valence-electron chi connectivity index (χ2n) is 5.30. The number of hydrogen-bond donors (Lipinski definition) is 2. The highest BCUT2D eigenvalue weighted by atomic mass is 35.5. The van der Waals surface area contributed by atoms with Gasteiger partial charge < -0.3 is 15.4 Å². The number of amides is 1. The number of halogens is 1. The highest BCUT2D eigenvalue weighted by Gasteiger charge is 2.19. The summed E-state index contributed by atoms with van der Waals surface area (Å²) in [5.41, 5.74) is 0.0905. The van der Waals surface area contributed by atoms with Crippen LogP contribution in [0, 0.1) is 16.0 Å². The summed E-state index contributed by atoms with van der Waals surface area (Å²) >= 11 is 0. The minimum Gasteiger partial charge on any atom is -0.487 e. The molecule has 2 rings (SSSR count). The molecule has 0 aliphatic carbocycles. The van der Waals surface area contributed by atoms with Crippen molar-refractivity contribution in [3.8, 4) is 5.75 Å². The van der Waals surface area contributed by atoms with Crippen molar-refractivity contribution in [2.75, 3.05) is 26.2 Å². The van der Waals surface area contributed by atoms with Gasteiger partial charge in [0.15, 0.2) is 5.75 Å². The molecule has 0 aromatic heterocycles. The molecule has 1 fully saturated rings. The smallest absolute Gasteiger partial charge is 0.311 e. The van der Waals surface area contributed by atoms with Gasteiger partial charge in [-0.25, -0.2) is 0 Å². The Kier molecular flexibility index (Phi) is 7.77. The van der Waals surface area contributed by atoms with Crippen molar-refractivity contribution in [2.24, 2.45) is 5.92 Å². The van der Waals surface area contributed by atoms with Crippen LogP contribution in [-0.4, -0.2) is 37.1 Å². The molecule has 1 aromatic carbocycles. The molecule has 7 nitrogen and oxygen atoms in total. The monoisotopic (exact) mass is 343 g/mol. The van der Waals surface area contributed by atoms with Crippen LogP contribution >= 0.6 is 12.4 Å². The summed E-state index contributed by atoms with van der Waals surface area (Å²) in [5.74, 6) is 0.299. The van der Waals surface area contributed by atoms with Crippen LogP contribution in [0.3, 0.4) is 0 Å². The summed E-state index contributed by atoms with van der Waals surface area (Å²) in [6.07, 6.45) is 2.19. The lowest BCUT2D eigenvalue weighted by atomic mass is 9.99. The Morgan fingerprint density at radius 2 is 2.30 bits per heavy atom. The molecule has 128 valence electrons. The van der Waals surface area contributed by atoms with Gasteiger partial charge in [0.05, 0.1) is 11.5 Å². The number of carbonyl (C=O) groups is 1. The summed E-state index contributed by atoms with van der Waals surface area (Å²) in [4.78, 5) is 22.7. The number of nitrogens with zero attached hydrogens (tertiary/aromatic N) is 1. The predicted molar refractivity (Wildman–Crippen MR) is 89.4 cm³/mol. The normalized spacial score (nSPS) is 17.0. The molecule has 1 aliphatic rings. The third-order valence-electron chi connectivity index (χ3n) is 3.67. The Morgan fingerprint density at radius 3 is 2.91 bits per heavy atom. The molecule has 2 N–H and O–H groups in total. The van der Waals surface area contributed by atoms with E-state index >= 15 is 0 Å². The molecular formula is C15H22ClN3O4. The summed E-state index contributed by atoms with van der Waals surface area (Å²) in [7, 11) is 0. The van der Waals surface area contributed by atoms with Crippen molar-refractivity contribution < 1.29 is 14.5 Å². The van der Waals surface area contributed by atoms with Gasteiger partial charge in [0.2, 0.25) is 0 Å². The van der Waals surface area contributed by atoms with E-state index in [1.807, 2.05) is 0 Å². The van der Waals surface area contributed by atoms with Gasteiger partial charge in [0, 0.05) is 18.2 Å². The number of benzene rings is 1. The Bertz CT molecular complexity index is 548. The van der Waals surface area contributed by atoms with Crippen LogP contribution in [0.15, 0.2) is 18.2 Å². The maximum atomic E-state index is 12.1. The number of rotatable bonds is 6. The minimum atomic E-state index is -0.535. The second-order valence-corrected chi connectivity index (χ2v) is 5.30. The number of ether oxygens (including phenoxy) is 1. The van der Waals surface area contributed by atoms with Crippen LogP contribution in [0.1, 0.15) is 30.1 Å². The third-order valence-corrected chi connectivity index (χ3v) is 3.67. The SMILES string of the molecule is CCOc1ccc(C(=O)NCC2CCCNC2)cc1[N+](=O)[O-].Cl. The Labute approximate surface area is 141 Å². The highest BCUT2D eigenvalue weighted by molar-refractivity contribution is 5.95. The molecule has 0 bridgehead atoms. The standard InChI is InChI=1S/C15H21N3O4.ClH/c1-2-22-14-6-5-12(8-13(14)18(20)21)15(19)17-10-11-4-3-7-16-9-11;/h5-6,8,11,16H,2-4,7,9-10H2,1H3,(H,17,19);1H. The molecule has 1 amide bonds. The molecule has 1 heterocycles. The lowest BCUT2D eigenvalue weighted by Crippen LogP contribution is -2.38. The lowest BCUT2D eigenvalue weighted by Gasteiger charge is -2.22. The number of nitro benzene ring substituents is 1. The molecule has 1 aromatic rings. The van der Waals surface area contributed by atoms with E-state index in [0.29, 0.717) is 19.1 Å². The van der Waals surface area contributed by atoms with Crippen molar-refractivity contribution in [1.29, 1.82) is 0 Å². The maximum Gasteiger partial charge on any atom is 0.311 e. The van der Waals surface area contributed by atoms with Gasteiger partial charge in [-0.05, 0) is 50.9 Å². The van der Waals surface area contributed by atoms with Crippen LogP contribution in [0.2, 0.25) is 0 Å². The van der Waals surface area contributed by atoms with Gasteiger partial charge in [0.25, 0.3) is 5.91 Å². The zero-order valence-electron chi connectivity index (χ0n) is 13.0. The Morgan fingerprint density at radius 1 is 1.52 bits per heavy atom. The molecule has 8 heteroatoms. The number of nitro groups is 1. The predicted octanol–water partition coefficient (Wildman–Crippen LogP) is 2.14. The Hall–Kier alpha value is -1.86. The third kappa shape index (κ3) is 5.37. The summed E-state index contributed by atoms with van der Waals surface area (Å²) in [6, 6.07) is 4.28. The van der Waals surface area contributed by atoms with E-state index in [1.54, 1.807) is 13.0 Å². The topological polar surface area (TPSA) is 93.5 Å². The van der Waals surface area contributed by atoms with Crippen molar-refractivity contribution in [1.82, 2.24) is 10.6 Å². The summed E-state index contributed by atoms with van der Waals surface area (Å²) in [5, 5.41) is 17.2. The van der Waals surface area contributed by atoms with Crippen LogP contribution in [0.4, 0.5) is 5.69 Å². The second kappa shape index (κ2) is 9.32. The van der Waals surface area contributed by atoms with E-state index in [4.69, 9.17) is 4.74 Å². The lowest BCUT2D eigenvalue weighted by molar-refractivity contribution is -0.385. The molecule has 1 aliphatic heterocycles. The van der Waals surface area contributed by atoms with Gasteiger partial charge in [-0.2, -0.15) is 0 Å². The van der Waals surface area contributed by atoms with Crippen molar-refractivity contribution in [3.05, 3.63) is 33.9 Å².